The first-order valence-electron chi connectivity index (χ1n) is 12.9. The molecule has 9 nitrogen and oxygen atoms in total. The molecule has 36 heavy (non-hydrogen) atoms. The van der Waals surface area contributed by atoms with Crippen LogP contribution in [0.15, 0.2) is 54.7 Å². The van der Waals surface area contributed by atoms with Crippen LogP contribution in [-0.4, -0.2) is 61.8 Å². The number of aryl methyl sites for hydroxylation is 1. The highest BCUT2D eigenvalue weighted by molar-refractivity contribution is 5.88. The van der Waals surface area contributed by atoms with E-state index in [-0.39, 0.29) is 11.3 Å². The van der Waals surface area contributed by atoms with Crippen LogP contribution < -0.4 is 10.2 Å². The maximum Gasteiger partial charge on any atom is 0.245 e. The van der Waals surface area contributed by atoms with E-state index in [0.717, 1.165) is 36.9 Å². The van der Waals surface area contributed by atoms with Gasteiger partial charge in [0.25, 0.3) is 0 Å². The van der Waals surface area contributed by atoms with Gasteiger partial charge in [0, 0.05) is 44.1 Å². The fourth-order valence-electron chi connectivity index (χ4n) is 5.70. The Morgan fingerprint density at radius 2 is 1.78 bits per heavy atom. The minimum absolute atomic E-state index is 0.283. The van der Waals surface area contributed by atoms with Gasteiger partial charge in [0.1, 0.15) is 5.52 Å². The Hall–Kier alpha value is -3.88. The zero-order valence-corrected chi connectivity index (χ0v) is 20.7. The first-order chi connectivity index (χ1) is 17.6. The molecule has 0 atom stereocenters. The molecular formula is C27H32N8O. The Balaban J connectivity index is 1.21. The number of hydrogen-bond donors (Lipinski definition) is 2. The second kappa shape index (κ2) is 9.29. The first kappa shape index (κ1) is 22.6. The van der Waals surface area contributed by atoms with Crippen molar-refractivity contribution in [1.29, 1.82) is 0 Å². The lowest BCUT2D eigenvalue weighted by atomic mass is 9.68. The highest BCUT2D eigenvalue weighted by Crippen LogP contribution is 2.41. The summed E-state index contributed by atoms with van der Waals surface area (Å²) in [6.45, 7) is 4.70. The van der Waals surface area contributed by atoms with Crippen LogP contribution in [-0.2, 0) is 10.2 Å². The summed E-state index contributed by atoms with van der Waals surface area (Å²) in [6.07, 6.45) is 7.22. The largest absolute Gasteiger partial charge is 0.338 e. The average molecular weight is 485 g/mol. The monoisotopic (exact) mass is 484 g/mol. The lowest BCUT2D eigenvalue weighted by Crippen LogP contribution is -2.55. The molecule has 1 aliphatic heterocycles. The topological polar surface area (TPSA) is 94.5 Å². The number of anilines is 3. The van der Waals surface area contributed by atoms with Gasteiger partial charge in [-0.05, 0) is 37.5 Å². The molecule has 186 valence electrons. The van der Waals surface area contributed by atoms with Crippen molar-refractivity contribution in [2.75, 3.05) is 36.4 Å². The summed E-state index contributed by atoms with van der Waals surface area (Å²) in [5, 5.41) is 15.3. The Kier molecular flexibility index (Phi) is 5.83. The van der Waals surface area contributed by atoms with Crippen LogP contribution in [0.2, 0.25) is 0 Å². The van der Waals surface area contributed by atoms with Gasteiger partial charge in [-0.25, -0.2) is 4.52 Å². The third-order valence-electron chi connectivity index (χ3n) is 7.62. The molecule has 4 aromatic rings. The van der Waals surface area contributed by atoms with E-state index in [2.05, 4.69) is 49.6 Å². The Morgan fingerprint density at radius 3 is 2.50 bits per heavy atom. The van der Waals surface area contributed by atoms with E-state index in [1.807, 2.05) is 41.9 Å². The highest BCUT2D eigenvalue weighted by Gasteiger charge is 2.44. The predicted molar refractivity (Wildman–Crippen MR) is 140 cm³/mol. The highest BCUT2D eigenvalue weighted by atomic mass is 16.2. The fraction of sp³-hybridized carbons (Fsp3) is 0.407. The van der Waals surface area contributed by atoms with Gasteiger partial charge in [-0.1, -0.05) is 49.6 Å². The summed E-state index contributed by atoms with van der Waals surface area (Å²) < 4.78 is 1.84. The summed E-state index contributed by atoms with van der Waals surface area (Å²) >= 11 is 0. The quantitative estimate of drug-likeness (QED) is 0.444. The number of benzene rings is 1. The van der Waals surface area contributed by atoms with Crippen LogP contribution in [0.3, 0.4) is 0 Å². The van der Waals surface area contributed by atoms with Gasteiger partial charge in [-0.3, -0.25) is 9.89 Å². The van der Waals surface area contributed by atoms with Crippen molar-refractivity contribution in [3.63, 3.8) is 0 Å². The van der Waals surface area contributed by atoms with Crippen LogP contribution in [0.25, 0.3) is 5.52 Å². The van der Waals surface area contributed by atoms with Crippen molar-refractivity contribution in [3.8, 4) is 0 Å². The Morgan fingerprint density at radius 1 is 1.00 bits per heavy atom. The summed E-state index contributed by atoms with van der Waals surface area (Å²) in [5.41, 5.74) is 2.64. The van der Waals surface area contributed by atoms with Crippen LogP contribution in [0, 0.1) is 6.92 Å². The van der Waals surface area contributed by atoms with Crippen LogP contribution in [0.4, 0.5) is 17.6 Å². The summed E-state index contributed by atoms with van der Waals surface area (Å²) in [6, 6.07) is 16.3. The molecule has 4 heterocycles. The normalized spacial score (nSPS) is 17.9. The molecular weight excluding hydrogens is 452 g/mol. The minimum Gasteiger partial charge on any atom is -0.338 e. The standard InChI is InChI=1S/C27H32N8O/c1-20-19-23(31-30-20)28-24-22-11-8-14-35(22)32-26(29-24)34-17-15-33(16-18-34)25(36)27(12-6-3-7-13-27)21-9-4-2-5-10-21/h2,4-5,8-11,14,19H,3,6-7,12-13,15-18H2,1H3,(H2,28,29,30,31,32). The number of carbonyl (C=O) groups is 1. The van der Waals surface area contributed by atoms with Gasteiger partial charge >= 0.3 is 0 Å². The molecule has 0 spiro atoms. The number of rotatable bonds is 5. The third-order valence-corrected chi connectivity index (χ3v) is 7.62. The number of hydrogen-bond acceptors (Lipinski definition) is 6. The molecule has 1 saturated heterocycles. The SMILES string of the molecule is Cc1cc(Nc2nc(N3CCN(C(=O)C4(c5ccccc5)CCCCC4)CC3)nn3cccc23)n[nH]1. The smallest absolute Gasteiger partial charge is 0.245 e. The fourth-order valence-corrected chi connectivity index (χ4v) is 5.70. The van der Waals surface area contributed by atoms with Gasteiger partial charge in [0.05, 0.1) is 5.41 Å². The molecule has 2 aliphatic rings. The van der Waals surface area contributed by atoms with Gasteiger partial charge in [-0.2, -0.15) is 10.1 Å². The van der Waals surface area contributed by atoms with Gasteiger partial charge < -0.3 is 15.1 Å². The third kappa shape index (κ3) is 4.08. The Bertz CT molecular complexity index is 1350. The number of carbonyl (C=O) groups excluding carboxylic acids is 1. The lowest BCUT2D eigenvalue weighted by Gasteiger charge is -2.43. The van der Waals surface area contributed by atoms with Crippen molar-refractivity contribution >= 4 is 29.0 Å². The number of aromatic nitrogens is 5. The number of piperazine rings is 1. The predicted octanol–water partition coefficient (Wildman–Crippen LogP) is 4.06. The van der Waals surface area contributed by atoms with Crippen molar-refractivity contribution in [2.24, 2.45) is 0 Å². The molecule has 6 rings (SSSR count). The average Bonchev–Trinajstić information content (AvgIpc) is 3.58. The molecule has 2 fully saturated rings. The molecule has 1 saturated carbocycles. The van der Waals surface area contributed by atoms with Crippen molar-refractivity contribution < 1.29 is 4.79 Å². The van der Waals surface area contributed by atoms with Crippen molar-refractivity contribution in [3.05, 3.63) is 66.0 Å². The molecule has 1 aromatic carbocycles. The number of H-pyrrole nitrogens is 1. The Labute approximate surface area is 210 Å². The van der Waals surface area contributed by atoms with E-state index in [1.54, 1.807) is 0 Å². The summed E-state index contributed by atoms with van der Waals surface area (Å²) in [4.78, 5) is 23.0. The molecule has 0 bridgehead atoms. The zero-order valence-electron chi connectivity index (χ0n) is 20.7. The van der Waals surface area contributed by atoms with Crippen molar-refractivity contribution in [2.45, 2.75) is 44.4 Å². The minimum atomic E-state index is -0.388. The number of aromatic amines is 1. The number of fused-ring (bicyclic) bond motifs is 1. The van der Waals surface area contributed by atoms with Crippen LogP contribution in [0.1, 0.15) is 43.4 Å². The second-order valence-corrected chi connectivity index (χ2v) is 9.95. The van der Waals surface area contributed by atoms with Crippen LogP contribution in [0.5, 0.6) is 0 Å². The van der Waals surface area contributed by atoms with Crippen molar-refractivity contribution in [1.82, 2.24) is 29.7 Å². The van der Waals surface area contributed by atoms with Gasteiger partial charge in [-0.15, -0.1) is 5.10 Å². The molecule has 1 aliphatic carbocycles. The molecule has 9 heteroatoms. The molecule has 0 unspecified atom stereocenters. The zero-order chi connectivity index (χ0) is 24.5. The number of amides is 1. The molecule has 0 radical (unpaired) electrons. The van der Waals surface area contributed by atoms with E-state index in [9.17, 15) is 4.79 Å². The van der Waals surface area contributed by atoms with E-state index < -0.39 is 0 Å². The van der Waals surface area contributed by atoms with E-state index in [1.165, 1.54) is 12.0 Å². The van der Waals surface area contributed by atoms with Gasteiger partial charge in [0.2, 0.25) is 11.9 Å². The molecule has 3 aromatic heterocycles. The lowest BCUT2D eigenvalue weighted by molar-refractivity contribution is -0.139. The number of nitrogens with one attached hydrogen (secondary N) is 2. The van der Waals surface area contributed by atoms with E-state index >= 15 is 0 Å². The summed E-state index contributed by atoms with van der Waals surface area (Å²) in [5.74, 6) is 2.36. The van der Waals surface area contributed by atoms with Gasteiger partial charge in [0.15, 0.2) is 11.6 Å². The van der Waals surface area contributed by atoms with Crippen LogP contribution >= 0.6 is 0 Å². The maximum absolute atomic E-state index is 14.0. The van der Waals surface area contributed by atoms with E-state index in [4.69, 9.17) is 10.1 Å². The number of nitrogens with zero attached hydrogens (tertiary/aromatic N) is 6. The van der Waals surface area contributed by atoms with E-state index in [0.29, 0.717) is 43.8 Å². The first-order valence-corrected chi connectivity index (χ1v) is 12.9. The summed E-state index contributed by atoms with van der Waals surface area (Å²) in [7, 11) is 0. The molecule has 2 N–H and O–H groups in total. The second-order valence-electron chi connectivity index (χ2n) is 9.95. The maximum atomic E-state index is 14.0. The molecule has 1 amide bonds.